The van der Waals surface area contributed by atoms with Crippen molar-refractivity contribution in [1.82, 2.24) is 4.90 Å². The van der Waals surface area contributed by atoms with Crippen LogP contribution in [0.3, 0.4) is 0 Å². The third kappa shape index (κ3) is 4.73. The molecule has 0 spiro atoms. The molecule has 2 aromatic rings. The Bertz CT molecular complexity index is 793. The number of benzene rings is 2. The summed E-state index contributed by atoms with van der Waals surface area (Å²) in [4.78, 5) is 25.4. The maximum Gasteiger partial charge on any atom is 0.418 e. The van der Waals surface area contributed by atoms with Gasteiger partial charge in [-0.25, -0.2) is 0 Å². The Balaban J connectivity index is 2.08. The van der Waals surface area contributed by atoms with E-state index >= 15 is 0 Å². The monoisotopic (exact) mass is 370 g/mol. The van der Waals surface area contributed by atoms with Crippen molar-refractivity contribution in [2.45, 2.75) is 6.18 Å². The summed E-state index contributed by atoms with van der Waals surface area (Å²) in [5, 5.41) is 2.41. The SMILES string of the molecule is CN(CC(=O)Nc1ccccc1C(F)(F)F)C(=O)c1ccccc1Cl. The van der Waals surface area contributed by atoms with E-state index < -0.39 is 30.1 Å². The van der Waals surface area contributed by atoms with E-state index in [1.807, 2.05) is 0 Å². The Labute approximate surface area is 147 Å². The largest absolute Gasteiger partial charge is 0.418 e. The number of nitrogens with zero attached hydrogens (tertiary/aromatic N) is 1. The van der Waals surface area contributed by atoms with Gasteiger partial charge < -0.3 is 10.2 Å². The molecule has 0 aliphatic carbocycles. The summed E-state index contributed by atoms with van der Waals surface area (Å²) in [6.45, 7) is -0.420. The molecule has 0 atom stereocenters. The van der Waals surface area contributed by atoms with Crippen molar-refractivity contribution in [3.63, 3.8) is 0 Å². The number of likely N-dealkylation sites (N-methyl/N-ethyl adjacent to an activating group) is 1. The van der Waals surface area contributed by atoms with Gasteiger partial charge in [-0.05, 0) is 24.3 Å². The molecule has 0 aliphatic heterocycles. The van der Waals surface area contributed by atoms with Gasteiger partial charge in [-0.3, -0.25) is 9.59 Å². The highest BCUT2D eigenvalue weighted by atomic mass is 35.5. The minimum atomic E-state index is -4.59. The van der Waals surface area contributed by atoms with Crippen LogP contribution in [0.2, 0.25) is 5.02 Å². The van der Waals surface area contributed by atoms with Crippen molar-refractivity contribution in [1.29, 1.82) is 0 Å². The summed E-state index contributed by atoms with van der Waals surface area (Å²) >= 11 is 5.93. The number of halogens is 4. The first-order valence-electron chi connectivity index (χ1n) is 7.16. The average Bonchev–Trinajstić information content (AvgIpc) is 2.54. The highest BCUT2D eigenvalue weighted by Gasteiger charge is 2.33. The summed E-state index contributed by atoms with van der Waals surface area (Å²) in [5.74, 6) is -1.26. The van der Waals surface area contributed by atoms with E-state index in [4.69, 9.17) is 11.6 Å². The van der Waals surface area contributed by atoms with Crippen molar-refractivity contribution < 1.29 is 22.8 Å². The zero-order chi connectivity index (χ0) is 18.6. The van der Waals surface area contributed by atoms with Crippen LogP contribution in [0.5, 0.6) is 0 Å². The number of hydrogen-bond acceptors (Lipinski definition) is 2. The van der Waals surface area contributed by atoms with E-state index in [1.54, 1.807) is 12.1 Å². The lowest BCUT2D eigenvalue weighted by molar-refractivity contribution is -0.137. The van der Waals surface area contributed by atoms with Crippen LogP contribution in [-0.2, 0) is 11.0 Å². The molecular weight excluding hydrogens is 357 g/mol. The second-order valence-electron chi connectivity index (χ2n) is 5.23. The van der Waals surface area contributed by atoms with Crippen LogP contribution in [0.1, 0.15) is 15.9 Å². The van der Waals surface area contributed by atoms with Gasteiger partial charge >= 0.3 is 6.18 Å². The first-order chi connectivity index (χ1) is 11.7. The molecule has 2 aromatic carbocycles. The van der Waals surface area contributed by atoms with Crippen molar-refractivity contribution in [3.05, 3.63) is 64.7 Å². The third-order valence-corrected chi connectivity index (χ3v) is 3.67. The summed E-state index contributed by atoms with van der Waals surface area (Å²) in [6.07, 6.45) is -4.59. The fourth-order valence-electron chi connectivity index (χ4n) is 2.16. The highest BCUT2D eigenvalue weighted by molar-refractivity contribution is 6.33. The van der Waals surface area contributed by atoms with Gasteiger partial charge in [0.05, 0.1) is 28.4 Å². The predicted octanol–water partition coefficient (Wildman–Crippen LogP) is 4.07. The first-order valence-corrected chi connectivity index (χ1v) is 7.54. The van der Waals surface area contributed by atoms with Crippen LogP contribution in [0.25, 0.3) is 0 Å². The number of hydrogen-bond donors (Lipinski definition) is 1. The second-order valence-corrected chi connectivity index (χ2v) is 5.64. The number of carbonyl (C=O) groups excluding carboxylic acids is 2. The zero-order valence-corrected chi connectivity index (χ0v) is 13.9. The summed E-state index contributed by atoms with van der Waals surface area (Å²) in [5.41, 5.74) is -1.11. The van der Waals surface area contributed by atoms with Gasteiger partial charge in [0.25, 0.3) is 5.91 Å². The normalized spacial score (nSPS) is 11.1. The molecule has 0 saturated heterocycles. The molecule has 0 bridgehead atoms. The third-order valence-electron chi connectivity index (χ3n) is 3.34. The van der Waals surface area contributed by atoms with Gasteiger partial charge in [0.15, 0.2) is 0 Å². The lowest BCUT2D eigenvalue weighted by atomic mass is 10.1. The second kappa shape index (κ2) is 7.57. The van der Waals surface area contributed by atoms with E-state index in [-0.39, 0.29) is 16.3 Å². The van der Waals surface area contributed by atoms with Crippen molar-refractivity contribution in [3.8, 4) is 0 Å². The van der Waals surface area contributed by atoms with Gasteiger partial charge in [-0.2, -0.15) is 13.2 Å². The Hall–Kier alpha value is -2.54. The molecule has 0 aliphatic rings. The minimum Gasteiger partial charge on any atom is -0.332 e. The number of alkyl halides is 3. The van der Waals surface area contributed by atoms with E-state index in [0.717, 1.165) is 17.0 Å². The van der Waals surface area contributed by atoms with E-state index in [9.17, 15) is 22.8 Å². The summed E-state index contributed by atoms with van der Waals surface area (Å²) in [6, 6.07) is 10.9. The Morgan fingerprint density at radius 1 is 1.08 bits per heavy atom. The van der Waals surface area contributed by atoms with Crippen molar-refractivity contribution in [2.75, 3.05) is 18.9 Å². The van der Waals surface area contributed by atoms with Gasteiger partial charge in [0.1, 0.15) is 0 Å². The van der Waals surface area contributed by atoms with E-state index in [2.05, 4.69) is 5.32 Å². The van der Waals surface area contributed by atoms with E-state index in [1.165, 1.54) is 31.3 Å². The summed E-state index contributed by atoms with van der Waals surface area (Å²) < 4.78 is 38.8. The molecule has 0 radical (unpaired) electrons. The number of rotatable bonds is 4. The van der Waals surface area contributed by atoms with Crippen LogP contribution >= 0.6 is 11.6 Å². The van der Waals surface area contributed by atoms with Crippen LogP contribution < -0.4 is 5.32 Å². The minimum absolute atomic E-state index is 0.204. The van der Waals surface area contributed by atoms with Gasteiger partial charge in [-0.15, -0.1) is 0 Å². The number of nitrogens with one attached hydrogen (secondary N) is 1. The highest BCUT2D eigenvalue weighted by Crippen LogP contribution is 2.34. The number of para-hydroxylation sites is 1. The Kier molecular flexibility index (Phi) is 5.69. The van der Waals surface area contributed by atoms with Crippen LogP contribution in [-0.4, -0.2) is 30.3 Å². The molecule has 2 rings (SSSR count). The maximum atomic E-state index is 12.9. The van der Waals surface area contributed by atoms with E-state index in [0.29, 0.717) is 0 Å². The average molecular weight is 371 g/mol. The quantitative estimate of drug-likeness (QED) is 0.882. The molecule has 0 saturated carbocycles. The first kappa shape index (κ1) is 18.8. The van der Waals surface area contributed by atoms with Crippen LogP contribution in [0, 0.1) is 0 Å². The number of anilines is 1. The summed E-state index contributed by atoms with van der Waals surface area (Å²) in [7, 11) is 1.36. The molecule has 0 heterocycles. The molecule has 25 heavy (non-hydrogen) atoms. The van der Waals surface area contributed by atoms with Crippen molar-refractivity contribution >= 4 is 29.1 Å². The van der Waals surface area contributed by atoms with Crippen LogP contribution in [0.4, 0.5) is 18.9 Å². The van der Waals surface area contributed by atoms with Gasteiger partial charge in [0.2, 0.25) is 5.91 Å². The van der Waals surface area contributed by atoms with Gasteiger partial charge in [0, 0.05) is 7.05 Å². The molecule has 1 N–H and O–H groups in total. The Morgan fingerprint density at radius 2 is 1.68 bits per heavy atom. The van der Waals surface area contributed by atoms with Crippen molar-refractivity contribution in [2.24, 2.45) is 0 Å². The zero-order valence-electron chi connectivity index (χ0n) is 13.1. The molecule has 8 heteroatoms. The Morgan fingerprint density at radius 3 is 2.32 bits per heavy atom. The van der Waals surface area contributed by atoms with Gasteiger partial charge in [-0.1, -0.05) is 35.9 Å². The molecule has 2 amide bonds. The van der Waals surface area contributed by atoms with Crippen LogP contribution in [0.15, 0.2) is 48.5 Å². The molecular formula is C17H14ClF3N2O2. The molecule has 0 unspecified atom stereocenters. The topological polar surface area (TPSA) is 49.4 Å². The lowest BCUT2D eigenvalue weighted by Crippen LogP contribution is -2.35. The number of carbonyl (C=O) groups is 2. The lowest BCUT2D eigenvalue weighted by Gasteiger charge is -2.19. The number of amides is 2. The standard InChI is InChI=1S/C17H14ClF3N2O2/c1-23(16(25)11-6-2-4-8-13(11)18)10-15(24)22-14-9-5-3-7-12(14)17(19,20)21/h2-9H,10H2,1H3,(H,22,24). The smallest absolute Gasteiger partial charge is 0.332 e. The molecule has 4 nitrogen and oxygen atoms in total. The fraction of sp³-hybridized carbons (Fsp3) is 0.176. The molecule has 132 valence electrons. The maximum absolute atomic E-state index is 12.9. The fourth-order valence-corrected chi connectivity index (χ4v) is 2.37. The molecule has 0 aromatic heterocycles. The predicted molar refractivity (Wildman–Crippen MR) is 88.5 cm³/mol. The molecule has 0 fully saturated rings.